The van der Waals surface area contributed by atoms with Gasteiger partial charge in [0, 0.05) is 5.10 Å². The molecule has 7 heteroatoms. The van der Waals surface area contributed by atoms with Gasteiger partial charge in [-0.2, -0.15) is 0 Å². The molecule has 0 bridgehead atoms. The molecule has 5 N–H and O–H groups in total. The standard InChI is InChI=1S/C17H18N4O3/c1-23-16(22)13-8-6-12(7-9-13)11-24-15-5-3-2-4-14(15)10-20-21-17(18)19/h2-10H,11H2,1H3,(H4,18,19,21)/p+1/b20-10-. The van der Waals surface area contributed by atoms with Gasteiger partial charge < -0.3 is 20.9 Å². The molecule has 2 aromatic rings. The Morgan fingerprint density at radius 2 is 1.88 bits per heavy atom. The summed E-state index contributed by atoms with van der Waals surface area (Å²) in [7, 11) is 1.35. The zero-order valence-electron chi connectivity index (χ0n) is 13.2. The minimum absolute atomic E-state index is 0.0599. The van der Waals surface area contributed by atoms with E-state index in [0.29, 0.717) is 17.9 Å². The first kappa shape index (κ1) is 17.0. The lowest BCUT2D eigenvalue weighted by Crippen LogP contribution is -2.63. The fourth-order valence-electron chi connectivity index (χ4n) is 1.92. The first-order valence-electron chi connectivity index (χ1n) is 7.16. The molecular formula is C17H19N4O3+. The normalized spacial score (nSPS) is 10.4. The summed E-state index contributed by atoms with van der Waals surface area (Å²) in [5, 5.41) is 6.33. The Morgan fingerprint density at radius 3 is 2.54 bits per heavy atom. The molecule has 0 spiro atoms. The van der Waals surface area contributed by atoms with E-state index in [1.165, 1.54) is 7.11 Å². The van der Waals surface area contributed by atoms with Gasteiger partial charge in [-0.05, 0) is 29.8 Å². The van der Waals surface area contributed by atoms with E-state index in [4.69, 9.17) is 16.2 Å². The van der Waals surface area contributed by atoms with E-state index >= 15 is 0 Å². The summed E-state index contributed by atoms with van der Waals surface area (Å²) in [5.74, 6) is 0.247. The van der Waals surface area contributed by atoms with Gasteiger partial charge in [0.15, 0.2) is 0 Å². The van der Waals surface area contributed by atoms with Crippen LogP contribution in [0.1, 0.15) is 21.5 Å². The first-order chi connectivity index (χ1) is 11.6. The number of nitrogens with one attached hydrogen (secondary N) is 1. The van der Waals surface area contributed by atoms with Crippen LogP contribution in [-0.2, 0) is 11.3 Å². The van der Waals surface area contributed by atoms with Gasteiger partial charge in [0.1, 0.15) is 12.4 Å². The lowest BCUT2D eigenvalue weighted by molar-refractivity contribution is -0.456. The van der Waals surface area contributed by atoms with Crippen LogP contribution < -0.4 is 21.3 Å². The van der Waals surface area contributed by atoms with Crippen LogP contribution in [0.4, 0.5) is 0 Å². The third-order valence-electron chi connectivity index (χ3n) is 3.10. The highest BCUT2D eigenvalue weighted by Crippen LogP contribution is 2.17. The molecule has 2 aromatic carbocycles. The van der Waals surface area contributed by atoms with Gasteiger partial charge in [-0.15, -0.1) is 5.10 Å². The van der Waals surface area contributed by atoms with Gasteiger partial charge in [-0.1, -0.05) is 24.3 Å². The second-order valence-corrected chi connectivity index (χ2v) is 4.83. The quantitative estimate of drug-likeness (QED) is 0.293. The van der Waals surface area contributed by atoms with Gasteiger partial charge in [0.2, 0.25) is 6.21 Å². The molecule has 0 aromatic heterocycles. The number of para-hydroxylation sites is 1. The number of ether oxygens (including phenoxy) is 2. The Morgan fingerprint density at radius 1 is 1.17 bits per heavy atom. The predicted octanol–water partition coefficient (Wildman–Crippen LogP) is -0.260. The molecule has 0 radical (unpaired) electrons. The maximum absolute atomic E-state index is 11.4. The van der Waals surface area contributed by atoms with Gasteiger partial charge in [-0.3, -0.25) is 0 Å². The largest absolute Gasteiger partial charge is 0.488 e. The van der Waals surface area contributed by atoms with Crippen molar-refractivity contribution in [3.05, 3.63) is 65.2 Å². The SMILES string of the molecule is COC(=O)c1ccc(COc2ccccc2/C=[NH+]\N=C(N)N)cc1. The Bertz CT molecular complexity index is 751. The van der Waals surface area contributed by atoms with Crippen LogP contribution in [0.15, 0.2) is 53.6 Å². The molecule has 24 heavy (non-hydrogen) atoms. The second-order valence-electron chi connectivity index (χ2n) is 4.83. The lowest BCUT2D eigenvalue weighted by Gasteiger charge is -2.08. The number of nitrogens with two attached hydrogens (primary N) is 2. The van der Waals surface area contributed by atoms with Crippen LogP contribution in [0.5, 0.6) is 5.75 Å². The Labute approximate surface area is 139 Å². The fourth-order valence-corrected chi connectivity index (χ4v) is 1.92. The number of carbonyl (C=O) groups is 1. The average molecular weight is 327 g/mol. The molecule has 0 amide bonds. The molecular weight excluding hydrogens is 308 g/mol. The zero-order valence-corrected chi connectivity index (χ0v) is 13.2. The molecule has 0 aliphatic rings. The smallest absolute Gasteiger partial charge is 0.337 e. The van der Waals surface area contributed by atoms with Crippen molar-refractivity contribution in [3.63, 3.8) is 0 Å². The summed E-state index contributed by atoms with van der Waals surface area (Å²) < 4.78 is 10.5. The third kappa shape index (κ3) is 4.84. The monoisotopic (exact) mass is 327 g/mol. The predicted molar refractivity (Wildman–Crippen MR) is 90.5 cm³/mol. The van der Waals surface area contributed by atoms with Crippen LogP contribution in [-0.4, -0.2) is 25.3 Å². The maximum Gasteiger partial charge on any atom is 0.337 e. The number of carbonyl (C=O) groups excluding carboxylic acids is 1. The number of guanidine groups is 1. The number of benzene rings is 2. The molecule has 0 aliphatic carbocycles. The maximum atomic E-state index is 11.4. The number of rotatable bonds is 6. The number of esters is 1. The fraction of sp³-hybridized carbons (Fsp3) is 0.118. The van der Waals surface area contributed by atoms with Crippen molar-refractivity contribution in [3.8, 4) is 5.75 Å². The highest BCUT2D eigenvalue weighted by Gasteiger charge is 2.06. The van der Waals surface area contributed by atoms with Crippen molar-refractivity contribution in [1.82, 2.24) is 0 Å². The highest BCUT2D eigenvalue weighted by molar-refractivity contribution is 5.89. The third-order valence-corrected chi connectivity index (χ3v) is 3.10. The van der Waals surface area contributed by atoms with E-state index in [1.54, 1.807) is 18.3 Å². The Balaban J connectivity index is 2.05. The first-order valence-corrected chi connectivity index (χ1v) is 7.16. The van der Waals surface area contributed by atoms with E-state index in [-0.39, 0.29) is 11.9 Å². The molecule has 124 valence electrons. The molecule has 0 heterocycles. The van der Waals surface area contributed by atoms with Crippen LogP contribution in [0.25, 0.3) is 0 Å². The van der Waals surface area contributed by atoms with Crippen molar-refractivity contribution in [2.75, 3.05) is 7.11 Å². The molecule has 0 saturated carbocycles. The highest BCUT2D eigenvalue weighted by atomic mass is 16.5. The topological polar surface area (TPSA) is 114 Å². The molecule has 0 unspecified atom stereocenters. The van der Waals surface area contributed by atoms with Crippen molar-refractivity contribution >= 4 is 18.1 Å². The molecule has 0 atom stereocenters. The lowest BCUT2D eigenvalue weighted by atomic mass is 10.1. The molecule has 0 saturated heterocycles. The van der Waals surface area contributed by atoms with E-state index in [9.17, 15) is 4.79 Å². The van der Waals surface area contributed by atoms with Gasteiger partial charge in [0.05, 0.1) is 18.2 Å². The number of nitrogens with zero attached hydrogens (tertiary/aromatic N) is 1. The summed E-state index contributed by atoms with van der Waals surface area (Å²) in [6.45, 7) is 0.356. The number of hydrogen-bond acceptors (Lipinski definition) is 4. The summed E-state index contributed by atoms with van der Waals surface area (Å²) in [4.78, 5) is 11.4. The van der Waals surface area contributed by atoms with Crippen LogP contribution in [0.2, 0.25) is 0 Å². The van der Waals surface area contributed by atoms with E-state index in [0.717, 1.165) is 11.1 Å². The van der Waals surface area contributed by atoms with Crippen molar-refractivity contribution in [2.45, 2.75) is 6.61 Å². The van der Waals surface area contributed by atoms with E-state index in [1.807, 2.05) is 36.4 Å². The van der Waals surface area contributed by atoms with Gasteiger partial charge >= 0.3 is 5.97 Å². The van der Waals surface area contributed by atoms with E-state index in [2.05, 4.69) is 14.9 Å². The van der Waals surface area contributed by atoms with Crippen LogP contribution in [0.3, 0.4) is 0 Å². The van der Waals surface area contributed by atoms with Crippen LogP contribution in [0, 0.1) is 0 Å². The molecule has 2 rings (SSSR count). The minimum Gasteiger partial charge on any atom is -0.488 e. The van der Waals surface area contributed by atoms with Crippen molar-refractivity contribution < 1.29 is 19.4 Å². The minimum atomic E-state index is -0.367. The molecule has 7 nitrogen and oxygen atoms in total. The van der Waals surface area contributed by atoms with Crippen LogP contribution >= 0.6 is 0 Å². The molecule has 0 aliphatic heterocycles. The van der Waals surface area contributed by atoms with Crippen molar-refractivity contribution in [1.29, 1.82) is 0 Å². The summed E-state index contributed by atoms with van der Waals surface area (Å²) in [6.07, 6.45) is 1.63. The molecule has 0 fully saturated rings. The zero-order chi connectivity index (χ0) is 17.4. The summed E-state index contributed by atoms with van der Waals surface area (Å²) in [5.41, 5.74) is 12.7. The van der Waals surface area contributed by atoms with E-state index < -0.39 is 0 Å². The number of hydrogen-bond donors (Lipinski definition) is 3. The summed E-state index contributed by atoms with van der Waals surface area (Å²) in [6, 6.07) is 14.5. The second kappa shape index (κ2) is 8.33. The van der Waals surface area contributed by atoms with Gasteiger partial charge in [0.25, 0.3) is 5.96 Å². The number of methoxy groups -OCH3 is 1. The Hall–Kier alpha value is -3.35. The number of hydrazone groups is 1. The average Bonchev–Trinajstić information content (AvgIpc) is 2.60. The summed E-state index contributed by atoms with van der Waals surface area (Å²) >= 11 is 0. The Kier molecular flexibility index (Phi) is 5.90. The van der Waals surface area contributed by atoms with Crippen molar-refractivity contribution in [2.24, 2.45) is 16.6 Å². The van der Waals surface area contributed by atoms with Gasteiger partial charge in [-0.25, -0.2) is 4.79 Å².